The highest BCUT2D eigenvalue weighted by Crippen LogP contribution is 2.09. The van der Waals surface area contributed by atoms with E-state index in [2.05, 4.69) is 10.4 Å². The molecule has 1 saturated heterocycles. The lowest BCUT2D eigenvalue weighted by Gasteiger charge is -2.21. The summed E-state index contributed by atoms with van der Waals surface area (Å²) in [5.41, 5.74) is 2.02. The van der Waals surface area contributed by atoms with Crippen molar-refractivity contribution >= 4 is 11.9 Å². The molecule has 0 spiro atoms. The van der Waals surface area contributed by atoms with Gasteiger partial charge >= 0.3 is 6.03 Å². The van der Waals surface area contributed by atoms with Crippen LogP contribution in [0.15, 0.2) is 42.7 Å². The third-order valence-corrected chi connectivity index (χ3v) is 4.38. The van der Waals surface area contributed by atoms with Crippen LogP contribution in [-0.4, -0.2) is 57.7 Å². The fourth-order valence-corrected chi connectivity index (χ4v) is 2.91. The van der Waals surface area contributed by atoms with E-state index < -0.39 is 0 Å². The summed E-state index contributed by atoms with van der Waals surface area (Å²) in [6, 6.07) is 9.72. The number of aromatic nitrogens is 2. The van der Waals surface area contributed by atoms with E-state index in [4.69, 9.17) is 0 Å². The van der Waals surface area contributed by atoms with Gasteiger partial charge in [0.2, 0.25) is 5.91 Å². The van der Waals surface area contributed by atoms with Crippen molar-refractivity contribution in [2.75, 3.05) is 26.2 Å². The molecule has 7 heteroatoms. The molecule has 0 radical (unpaired) electrons. The Morgan fingerprint density at radius 1 is 1.08 bits per heavy atom. The minimum Gasteiger partial charge on any atom is -0.341 e. The maximum atomic E-state index is 12.4. The molecule has 0 bridgehead atoms. The average molecular weight is 341 g/mol. The highest BCUT2D eigenvalue weighted by molar-refractivity contribution is 5.75. The largest absolute Gasteiger partial charge is 0.341 e. The van der Waals surface area contributed by atoms with Gasteiger partial charge in [0.15, 0.2) is 0 Å². The SMILES string of the molecule is CC(=O)N1CCCN(C(=O)NCc2ccc(-n3cccn3)cc2)CC1. The molecule has 1 aromatic carbocycles. The quantitative estimate of drug-likeness (QED) is 0.922. The van der Waals surface area contributed by atoms with Gasteiger partial charge in [-0.2, -0.15) is 5.10 Å². The van der Waals surface area contributed by atoms with Crippen molar-refractivity contribution < 1.29 is 9.59 Å². The van der Waals surface area contributed by atoms with Gasteiger partial charge in [-0.3, -0.25) is 4.79 Å². The highest BCUT2D eigenvalue weighted by Gasteiger charge is 2.19. The van der Waals surface area contributed by atoms with Crippen molar-refractivity contribution in [3.05, 3.63) is 48.3 Å². The fraction of sp³-hybridized carbons (Fsp3) is 0.389. The Kier molecular flexibility index (Phi) is 5.33. The molecule has 0 atom stereocenters. The predicted molar refractivity (Wildman–Crippen MR) is 94.2 cm³/mol. The van der Waals surface area contributed by atoms with Crippen LogP contribution in [0.5, 0.6) is 0 Å². The first-order chi connectivity index (χ1) is 12.1. The number of carbonyl (C=O) groups is 2. The minimum atomic E-state index is -0.0819. The van der Waals surface area contributed by atoms with Crippen molar-refractivity contribution in [3.63, 3.8) is 0 Å². The minimum absolute atomic E-state index is 0.0690. The summed E-state index contributed by atoms with van der Waals surface area (Å²) < 4.78 is 1.79. The van der Waals surface area contributed by atoms with E-state index in [0.717, 1.165) is 17.7 Å². The molecular weight excluding hydrogens is 318 g/mol. The summed E-state index contributed by atoms with van der Waals surface area (Å²) in [5, 5.41) is 7.15. The number of carbonyl (C=O) groups excluding carboxylic acids is 2. The van der Waals surface area contributed by atoms with E-state index in [0.29, 0.717) is 32.7 Å². The fourth-order valence-electron chi connectivity index (χ4n) is 2.91. The van der Waals surface area contributed by atoms with E-state index in [1.54, 1.807) is 27.6 Å². The molecule has 2 heterocycles. The Morgan fingerprint density at radius 2 is 1.80 bits per heavy atom. The normalized spacial score (nSPS) is 14.9. The first-order valence-electron chi connectivity index (χ1n) is 8.51. The third kappa shape index (κ3) is 4.37. The average Bonchev–Trinajstić information content (AvgIpc) is 3.04. The van der Waals surface area contributed by atoms with Gasteiger partial charge in [-0.15, -0.1) is 0 Å². The van der Waals surface area contributed by atoms with Crippen LogP contribution in [0.4, 0.5) is 4.79 Å². The van der Waals surface area contributed by atoms with Gasteiger partial charge in [0, 0.05) is 52.0 Å². The van der Waals surface area contributed by atoms with E-state index in [-0.39, 0.29) is 11.9 Å². The Balaban J connectivity index is 1.51. The molecule has 1 fully saturated rings. The molecule has 1 aliphatic rings. The second-order valence-corrected chi connectivity index (χ2v) is 6.12. The van der Waals surface area contributed by atoms with E-state index >= 15 is 0 Å². The lowest BCUT2D eigenvalue weighted by molar-refractivity contribution is -0.128. The first kappa shape index (κ1) is 17.0. The van der Waals surface area contributed by atoms with Crippen LogP contribution >= 0.6 is 0 Å². The van der Waals surface area contributed by atoms with E-state index in [1.807, 2.05) is 36.5 Å². The molecule has 25 heavy (non-hydrogen) atoms. The first-order valence-corrected chi connectivity index (χ1v) is 8.51. The molecule has 1 N–H and O–H groups in total. The molecule has 1 aliphatic heterocycles. The number of benzene rings is 1. The lowest BCUT2D eigenvalue weighted by atomic mass is 10.2. The summed E-state index contributed by atoms with van der Waals surface area (Å²) in [5.74, 6) is 0.0690. The van der Waals surface area contributed by atoms with Gasteiger partial charge in [-0.1, -0.05) is 12.1 Å². The van der Waals surface area contributed by atoms with Gasteiger partial charge in [-0.05, 0) is 30.2 Å². The second kappa shape index (κ2) is 7.83. The van der Waals surface area contributed by atoms with Crippen molar-refractivity contribution in [1.82, 2.24) is 24.9 Å². The van der Waals surface area contributed by atoms with Crippen LogP contribution in [0.25, 0.3) is 5.69 Å². The van der Waals surface area contributed by atoms with Crippen molar-refractivity contribution in [2.45, 2.75) is 19.9 Å². The third-order valence-electron chi connectivity index (χ3n) is 4.38. The van der Waals surface area contributed by atoms with Crippen molar-refractivity contribution in [2.24, 2.45) is 0 Å². The van der Waals surface area contributed by atoms with Crippen molar-refractivity contribution in [1.29, 1.82) is 0 Å². The molecule has 7 nitrogen and oxygen atoms in total. The van der Waals surface area contributed by atoms with Crippen LogP contribution in [0.1, 0.15) is 18.9 Å². The summed E-state index contributed by atoms with van der Waals surface area (Å²) in [6.07, 6.45) is 4.44. The lowest BCUT2D eigenvalue weighted by Crippen LogP contribution is -2.42. The van der Waals surface area contributed by atoms with Crippen LogP contribution in [0, 0.1) is 0 Å². The van der Waals surface area contributed by atoms with E-state index in [9.17, 15) is 9.59 Å². The Hall–Kier alpha value is -2.83. The van der Waals surface area contributed by atoms with Crippen LogP contribution < -0.4 is 5.32 Å². The molecular formula is C18H23N5O2. The zero-order valence-electron chi connectivity index (χ0n) is 14.4. The predicted octanol–water partition coefficient (Wildman–Crippen LogP) is 1.64. The van der Waals surface area contributed by atoms with Gasteiger partial charge in [-0.25, -0.2) is 9.48 Å². The number of hydrogen-bond donors (Lipinski definition) is 1. The monoisotopic (exact) mass is 341 g/mol. The smallest absolute Gasteiger partial charge is 0.317 e. The van der Waals surface area contributed by atoms with Crippen molar-refractivity contribution in [3.8, 4) is 5.69 Å². The molecule has 132 valence electrons. The summed E-state index contributed by atoms with van der Waals surface area (Å²) in [4.78, 5) is 27.4. The van der Waals surface area contributed by atoms with Crippen LogP contribution in [0.3, 0.4) is 0 Å². The Labute approximate surface area is 147 Å². The zero-order valence-corrected chi connectivity index (χ0v) is 14.4. The van der Waals surface area contributed by atoms with Crippen LogP contribution in [0.2, 0.25) is 0 Å². The maximum Gasteiger partial charge on any atom is 0.317 e. The number of hydrogen-bond acceptors (Lipinski definition) is 3. The highest BCUT2D eigenvalue weighted by atomic mass is 16.2. The van der Waals surface area contributed by atoms with Gasteiger partial charge in [0.1, 0.15) is 0 Å². The Morgan fingerprint density at radius 3 is 2.48 bits per heavy atom. The molecule has 2 aromatic rings. The van der Waals surface area contributed by atoms with Gasteiger partial charge in [0.25, 0.3) is 0 Å². The second-order valence-electron chi connectivity index (χ2n) is 6.12. The number of rotatable bonds is 3. The maximum absolute atomic E-state index is 12.4. The number of nitrogens with zero attached hydrogens (tertiary/aromatic N) is 4. The van der Waals surface area contributed by atoms with Gasteiger partial charge < -0.3 is 15.1 Å². The van der Waals surface area contributed by atoms with E-state index in [1.165, 1.54) is 0 Å². The summed E-state index contributed by atoms with van der Waals surface area (Å²) in [6.45, 7) is 4.61. The molecule has 0 unspecified atom stereocenters. The Bertz CT molecular complexity index is 712. The molecule has 0 saturated carbocycles. The summed E-state index contributed by atoms with van der Waals surface area (Å²) >= 11 is 0. The molecule has 3 rings (SSSR count). The standard InChI is InChI=1S/C18H23N5O2/c1-15(24)21-9-3-10-22(13-12-21)18(25)19-14-16-4-6-17(7-5-16)23-11-2-8-20-23/h2,4-8,11H,3,9-10,12-14H2,1H3,(H,19,25). The van der Waals surface area contributed by atoms with Gasteiger partial charge in [0.05, 0.1) is 5.69 Å². The molecule has 3 amide bonds. The number of nitrogens with one attached hydrogen (secondary N) is 1. The zero-order chi connectivity index (χ0) is 17.6. The summed E-state index contributed by atoms with van der Waals surface area (Å²) in [7, 11) is 0. The van der Waals surface area contributed by atoms with Crippen LogP contribution in [-0.2, 0) is 11.3 Å². The number of urea groups is 1. The molecule has 1 aromatic heterocycles. The topological polar surface area (TPSA) is 70.5 Å². The molecule has 0 aliphatic carbocycles. The number of amides is 3.